The molecular formula is C15H23Cl2N. The second-order valence-corrected chi connectivity index (χ2v) is 5.39. The van der Waals surface area contributed by atoms with Crippen molar-refractivity contribution in [2.45, 2.75) is 52.0 Å². The number of benzene rings is 1. The van der Waals surface area contributed by atoms with E-state index < -0.39 is 0 Å². The van der Waals surface area contributed by atoms with Gasteiger partial charge in [-0.3, -0.25) is 0 Å². The van der Waals surface area contributed by atoms with Crippen molar-refractivity contribution in [1.29, 1.82) is 0 Å². The molecule has 0 aliphatic carbocycles. The fourth-order valence-corrected chi connectivity index (χ4v) is 2.52. The molecular weight excluding hydrogens is 265 g/mol. The number of anilines is 1. The number of nitrogens with zero attached hydrogens (tertiary/aromatic N) is 1. The molecule has 0 fully saturated rings. The normalized spacial score (nSPS) is 12.5. The molecule has 0 amide bonds. The summed E-state index contributed by atoms with van der Waals surface area (Å²) in [7, 11) is 0. The van der Waals surface area contributed by atoms with Crippen LogP contribution in [0.3, 0.4) is 0 Å². The highest BCUT2D eigenvalue weighted by Crippen LogP contribution is 2.27. The van der Waals surface area contributed by atoms with Gasteiger partial charge in [0.15, 0.2) is 0 Å². The van der Waals surface area contributed by atoms with Crippen molar-refractivity contribution in [3.8, 4) is 0 Å². The minimum Gasteiger partial charge on any atom is -0.369 e. The summed E-state index contributed by atoms with van der Waals surface area (Å²) in [6.45, 7) is 7.79. The maximum Gasteiger partial charge on any atom is 0.0488 e. The van der Waals surface area contributed by atoms with E-state index in [0.717, 1.165) is 23.6 Å². The van der Waals surface area contributed by atoms with Gasteiger partial charge in [-0.1, -0.05) is 37.9 Å². The van der Waals surface area contributed by atoms with Crippen LogP contribution in [0.25, 0.3) is 0 Å². The van der Waals surface area contributed by atoms with Crippen molar-refractivity contribution in [2.75, 3.05) is 11.4 Å². The lowest BCUT2D eigenvalue weighted by Gasteiger charge is -2.31. The van der Waals surface area contributed by atoms with Crippen molar-refractivity contribution >= 4 is 28.9 Å². The van der Waals surface area contributed by atoms with Gasteiger partial charge < -0.3 is 4.90 Å². The van der Waals surface area contributed by atoms with Crippen LogP contribution in [0.4, 0.5) is 5.69 Å². The summed E-state index contributed by atoms with van der Waals surface area (Å²) in [4.78, 5) is 2.44. The van der Waals surface area contributed by atoms with E-state index in [1.807, 2.05) is 12.1 Å². The van der Waals surface area contributed by atoms with Gasteiger partial charge in [-0.25, -0.2) is 0 Å². The Kier molecular flexibility index (Phi) is 6.88. The van der Waals surface area contributed by atoms with Crippen LogP contribution in [0.15, 0.2) is 18.2 Å². The Hall–Kier alpha value is -0.400. The van der Waals surface area contributed by atoms with Gasteiger partial charge in [0.05, 0.1) is 0 Å². The van der Waals surface area contributed by atoms with Gasteiger partial charge in [-0.15, -0.1) is 11.6 Å². The van der Waals surface area contributed by atoms with E-state index in [1.165, 1.54) is 18.5 Å². The predicted octanol–water partition coefficient (Wildman–Crippen LogP) is 5.48. The van der Waals surface area contributed by atoms with Crippen LogP contribution < -0.4 is 4.90 Å². The molecule has 102 valence electrons. The fraction of sp³-hybridized carbons (Fsp3) is 0.600. The molecule has 18 heavy (non-hydrogen) atoms. The Morgan fingerprint density at radius 3 is 2.50 bits per heavy atom. The van der Waals surface area contributed by atoms with Crippen LogP contribution >= 0.6 is 23.2 Å². The van der Waals surface area contributed by atoms with Gasteiger partial charge in [0.2, 0.25) is 0 Å². The van der Waals surface area contributed by atoms with Crippen molar-refractivity contribution in [3.63, 3.8) is 0 Å². The number of alkyl halides is 1. The highest BCUT2D eigenvalue weighted by Gasteiger charge is 2.13. The molecule has 1 aromatic rings. The second-order valence-electron chi connectivity index (χ2n) is 4.71. The third kappa shape index (κ3) is 4.07. The van der Waals surface area contributed by atoms with Gasteiger partial charge in [-0.05, 0) is 37.5 Å². The number of hydrogen-bond donors (Lipinski definition) is 0. The largest absolute Gasteiger partial charge is 0.369 e. The summed E-state index contributed by atoms with van der Waals surface area (Å²) in [5.74, 6) is 0.470. The lowest BCUT2D eigenvalue weighted by molar-refractivity contribution is 0.596. The zero-order valence-corrected chi connectivity index (χ0v) is 13.1. The number of hydrogen-bond acceptors (Lipinski definition) is 1. The van der Waals surface area contributed by atoms with Gasteiger partial charge in [-0.2, -0.15) is 0 Å². The maximum absolute atomic E-state index is 6.24. The molecule has 0 bridgehead atoms. The summed E-state index contributed by atoms with van der Waals surface area (Å²) in [6, 6.07) is 6.74. The topological polar surface area (TPSA) is 3.24 Å². The Bertz CT molecular complexity index is 366. The molecule has 0 N–H and O–H groups in total. The first kappa shape index (κ1) is 15.7. The van der Waals surface area contributed by atoms with E-state index in [1.54, 1.807) is 0 Å². The van der Waals surface area contributed by atoms with Crippen molar-refractivity contribution in [2.24, 2.45) is 0 Å². The molecule has 1 aromatic carbocycles. The average molecular weight is 288 g/mol. The standard InChI is InChI=1S/C15H23Cl2N/c1-4-6-9-18(12(3)5-2)14-8-7-13(11-16)15(17)10-14/h7-8,10,12H,4-6,9,11H2,1-3H3. The second kappa shape index (κ2) is 7.91. The minimum atomic E-state index is 0.470. The summed E-state index contributed by atoms with van der Waals surface area (Å²) in [6.07, 6.45) is 3.55. The van der Waals surface area contributed by atoms with Gasteiger partial charge in [0.25, 0.3) is 0 Å². The van der Waals surface area contributed by atoms with Crippen molar-refractivity contribution < 1.29 is 0 Å². The highest BCUT2D eigenvalue weighted by atomic mass is 35.5. The van der Waals surface area contributed by atoms with Crippen LogP contribution in [0.5, 0.6) is 0 Å². The van der Waals surface area contributed by atoms with Gasteiger partial charge in [0.1, 0.15) is 0 Å². The lowest BCUT2D eigenvalue weighted by Crippen LogP contribution is -2.33. The molecule has 0 radical (unpaired) electrons. The maximum atomic E-state index is 6.24. The predicted molar refractivity (Wildman–Crippen MR) is 83.0 cm³/mol. The van der Waals surface area contributed by atoms with Gasteiger partial charge in [0, 0.05) is 29.2 Å². The van der Waals surface area contributed by atoms with Gasteiger partial charge >= 0.3 is 0 Å². The molecule has 3 heteroatoms. The Morgan fingerprint density at radius 2 is 2.00 bits per heavy atom. The summed E-state index contributed by atoms with van der Waals surface area (Å²) >= 11 is 12.1. The van der Waals surface area contributed by atoms with E-state index in [9.17, 15) is 0 Å². The molecule has 0 aromatic heterocycles. The third-order valence-electron chi connectivity index (χ3n) is 3.39. The average Bonchev–Trinajstić information content (AvgIpc) is 2.39. The fourth-order valence-electron chi connectivity index (χ4n) is 1.98. The Morgan fingerprint density at radius 1 is 1.28 bits per heavy atom. The zero-order chi connectivity index (χ0) is 13.5. The highest BCUT2D eigenvalue weighted by molar-refractivity contribution is 6.32. The zero-order valence-electron chi connectivity index (χ0n) is 11.5. The van der Waals surface area contributed by atoms with E-state index >= 15 is 0 Å². The first-order valence-electron chi connectivity index (χ1n) is 6.75. The van der Waals surface area contributed by atoms with E-state index in [2.05, 4.69) is 31.7 Å². The molecule has 0 spiro atoms. The Balaban J connectivity index is 2.93. The molecule has 1 atom stereocenters. The molecule has 0 aliphatic rings. The monoisotopic (exact) mass is 287 g/mol. The molecule has 0 saturated heterocycles. The van der Waals surface area contributed by atoms with E-state index in [4.69, 9.17) is 23.2 Å². The van der Waals surface area contributed by atoms with Crippen LogP contribution in [0.2, 0.25) is 5.02 Å². The number of halogens is 2. The minimum absolute atomic E-state index is 0.470. The first-order valence-corrected chi connectivity index (χ1v) is 7.66. The molecule has 1 nitrogen and oxygen atoms in total. The molecule has 0 saturated carbocycles. The lowest BCUT2D eigenvalue weighted by atomic mass is 10.1. The van der Waals surface area contributed by atoms with Crippen LogP contribution in [0, 0.1) is 0 Å². The van der Waals surface area contributed by atoms with E-state index in [0.29, 0.717) is 11.9 Å². The van der Waals surface area contributed by atoms with Crippen molar-refractivity contribution in [3.05, 3.63) is 28.8 Å². The number of rotatable bonds is 7. The quantitative estimate of drug-likeness (QED) is 0.600. The summed E-state index contributed by atoms with van der Waals surface area (Å²) in [5, 5.41) is 0.771. The molecule has 0 heterocycles. The Labute approximate surface area is 121 Å². The van der Waals surface area contributed by atoms with Crippen LogP contribution in [-0.2, 0) is 5.88 Å². The summed E-state index contributed by atoms with van der Waals surface area (Å²) < 4.78 is 0. The molecule has 0 aliphatic heterocycles. The molecule has 1 rings (SSSR count). The third-order valence-corrected chi connectivity index (χ3v) is 4.03. The molecule has 1 unspecified atom stereocenters. The van der Waals surface area contributed by atoms with E-state index in [-0.39, 0.29) is 0 Å². The number of unbranched alkanes of at least 4 members (excludes halogenated alkanes) is 1. The van der Waals surface area contributed by atoms with Crippen LogP contribution in [-0.4, -0.2) is 12.6 Å². The summed E-state index contributed by atoms with van der Waals surface area (Å²) in [5.41, 5.74) is 2.21. The van der Waals surface area contributed by atoms with Crippen LogP contribution in [0.1, 0.15) is 45.6 Å². The SMILES string of the molecule is CCCCN(c1ccc(CCl)c(Cl)c1)C(C)CC. The van der Waals surface area contributed by atoms with Crippen molar-refractivity contribution in [1.82, 2.24) is 0 Å². The first-order chi connectivity index (χ1) is 8.63. The smallest absolute Gasteiger partial charge is 0.0488 e.